The van der Waals surface area contributed by atoms with Crippen molar-refractivity contribution >= 4 is 11.9 Å². The number of benzene rings is 2. The minimum atomic E-state index is -0.123. The summed E-state index contributed by atoms with van der Waals surface area (Å²) in [6.45, 7) is 4.77. The Morgan fingerprint density at radius 3 is 2.67 bits per heavy atom. The molecule has 0 radical (unpaired) electrons. The first kappa shape index (κ1) is 21.5. The maximum Gasteiger partial charge on any atom is 0.242 e. The van der Waals surface area contributed by atoms with E-state index in [0.29, 0.717) is 12.5 Å². The molecule has 2 aromatic carbocycles. The Hall–Kier alpha value is -3.22. The zero-order chi connectivity index (χ0) is 21.2. The molecule has 30 heavy (non-hydrogen) atoms. The fourth-order valence-electron chi connectivity index (χ4n) is 3.21. The van der Waals surface area contributed by atoms with Gasteiger partial charge in [0.2, 0.25) is 5.91 Å². The predicted molar refractivity (Wildman–Crippen MR) is 118 cm³/mol. The van der Waals surface area contributed by atoms with Crippen molar-refractivity contribution in [1.82, 2.24) is 16.0 Å². The molecule has 0 fully saturated rings. The number of hydrogen-bond donors (Lipinski definition) is 3. The zero-order valence-corrected chi connectivity index (χ0v) is 17.7. The van der Waals surface area contributed by atoms with E-state index in [2.05, 4.69) is 33.1 Å². The molecule has 7 nitrogen and oxygen atoms in total. The molecule has 0 saturated carbocycles. The number of carbonyl (C=O) groups is 1. The Labute approximate surface area is 177 Å². The van der Waals surface area contributed by atoms with E-state index in [1.165, 1.54) is 11.1 Å². The first-order chi connectivity index (χ1) is 14.7. The number of nitrogens with zero attached hydrogens (tertiary/aromatic N) is 1. The van der Waals surface area contributed by atoms with Crippen LogP contribution in [0.1, 0.15) is 23.6 Å². The molecule has 3 N–H and O–H groups in total. The monoisotopic (exact) mass is 410 g/mol. The molecule has 0 aromatic heterocycles. The van der Waals surface area contributed by atoms with Gasteiger partial charge in [0.05, 0.1) is 13.7 Å². The molecule has 0 aliphatic carbocycles. The fraction of sp³-hybridized carbons (Fsp3) is 0.391. The van der Waals surface area contributed by atoms with Crippen molar-refractivity contribution in [3.63, 3.8) is 0 Å². The number of hydrogen-bond acceptors (Lipinski definition) is 4. The highest BCUT2D eigenvalue weighted by Crippen LogP contribution is 2.25. The normalized spacial score (nSPS) is 12.7. The van der Waals surface area contributed by atoms with Gasteiger partial charge in [0.15, 0.2) is 5.96 Å². The third-order valence-electron chi connectivity index (χ3n) is 4.83. The Kier molecular flexibility index (Phi) is 7.94. The summed E-state index contributed by atoms with van der Waals surface area (Å²) in [7, 11) is 1.63. The first-order valence-corrected chi connectivity index (χ1v) is 10.3. The minimum absolute atomic E-state index is 0.0711. The zero-order valence-electron chi connectivity index (χ0n) is 17.7. The third-order valence-corrected chi connectivity index (χ3v) is 4.83. The molecule has 1 aliphatic rings. The second-order valence-corrected chi connectivity index (χ2v) is 7.04. The van der Waals surface area contributed by atoms with Crippen molar-refractivity contribution in [3.05, 3.63) is 59.2 Å². The number of methoxy groups -OCH3 is 1. The van der Waals surface area contributed by atoms with Crippen LogP contribution in [0.15, 0.2) is 47.5 Å². The van der Waals surface area contributed by atoms with Gasteiger partial charge in [-0.2, -0.15) is 0 Å². The van der Waals surface area contributed by atoms with Crippen molar-refractivity contribution < 1.29 is 14.3 Å². The van der Waals surface area contributed by atoms with Gasteiger partial charge in [0.25, 0.3) is 0 Å². The standard InChI is InChI=1S/C23H30N4O3/c1-3-24-23(25-12-10-17-6-9-21-19(14-17)11-13-30-21)27-16-22(28)26-15-18-4-7-20(29-2)8-5-18/h4-9,14H,3,10-13,15-16H2,1-2H3,(H,26,28)(H2,24,25,27). The van der Waals surface area contributed by atoms with E-state index in [9.17, 15) is 4.79 Å². The molecule has 2 aromatic rings. The van der Waals surface area contributed by atoms with Gasteiger partial charge < -0.3 is 25.4 Å². The third kappa shape index (κ3) is 6.40. The largest absolute Gasteiger partial charge is 0.497 e. The van der Waals surface area contributed by atoms with Crippen LogP contribution in [0.2, 0.25) is 0 Å². The van der Waals surface area contributed by atoms with Gasteiger partial charge in [-0.3, -0.25) is 4.79 Å². The van der Waals surface area contributed by atoms with Gasteiger partial charge in [0, 0.05) is 26.1 Å². The summed E-state index contributed by atoms with van der Waals surface area (Å²) >= 11 is 0. The average molecular weight is 411 g/mol. The second kappa shape index (κ2) is 11.1. The fourth-order valence-corrected chi connectivity index (χ4v) is 3.21. The second-order valence-electron chi connectivity index (χ2n) is 7.04. The molecule has 0 spiro atoms. The molecular weight excluding hydrogens is 380 g/mol. The van der Waals surface area contributed by atoms with Crippen LogP contribution in [-0.4, -0.2) is 45.2 Å². The van der Waals surface area contributed by atoms with Gasteiger partial charge >= 0.3 is 0 Å². The molecule has 1 heterocycles. The molecule has 7 heteroatoms. The Morgan fingerprint density at radius 2 is 1.90 bits per heavy atom. The quantitative estimate of drug-likeness (QED) is 0.435. The number of ether oxygens (including phenoxy) is 2. The van der Waals surface area contributed by atoms with Crippen LogP contribution in [0.5, 0.6) is 11.5 Å². The maximum absolute atomic E-state index is 12.1. The van der Waals surface area contributed by atoms with Crippen molar-refractivity contribution in [1.29, 1.82) is 0 Å². The number of fused-ring (bicyclic) bond motifs is 1. The lowest BCUT2D eigenvalue weighted by Crippen LogP contribution is -2.39. The predicted octanol–water partition coefficient (Wildman–Crippen LogP) is 2.04. The number of carbonyl (C=O) groups excluding carboxylic acids is 1. The molecule has 160 valence electrons. The van der Waals surface area contributed by atoms with Crippen molar-refractivity contribution in [2.24, 2.45) is 4.99 Å². The Bertz CT molecular complexity index is 865. The van der Waals surface area contributed by atoms with E-state index in [1.807, 2.05) is 37.3 Å². The van der Waals surface area contributed by atoms with Crippen molar-refractivity contribution in [3.8, 4) is 11.5 Å². The van der Waals surface area contributed by atoms with Crippen LogP contribution >= 0.6 is 0 Å². The smallest absolute Gasteiger partial charge is 0.242 e. The number of nitrogens with one attached hydrogen (secondary N) is 3. The van der Waals surface area contributed by atoms with E-state index < -0.39 is 0 Å². The maximum atomic E-state index is 12.1. The molecule has 0 unspecified atom stereocenters. The highest BCUT2D eigenvalue weighted by Gasteiger charge is 2.11. The summed E-state index contributed by atoms with van der Waals surface area (Å²) < 4.78 is 10.7. The molecule has 3 rings (SSSR count). The van der Waals surface area contributed by atoms with E-state index in [1.54, 1.807) is 7.11 Å². The van der Waals surface area contributed by atoms with Crippen LogP contribution in [0.3, 0.4) is 0 Å². The van der Waals surface area contributed by atoms with Gasteiger partial charge in [-0.25, -0.2) is 4.99 Å². The van der Waals surface area contributed by atoms with E-state index in [-0.39, 0.29) is 12.5 Å². The van der Waals surface area contributed by atoms with Crippen molar-refractivity contribution in [2.75, 3.05) is 33.4 Å². The molecule has 0 bridgehead atoms. The average Bonchev–Trinajstić information content (AvgIpc) is 3.24. The topological polar surface area (TPSA) is 84.0 Å². The van der Waals surface area contributed by atoms with Crippen LogP contribution in [0.25, 0.3) is 0 Å². The molecule has 0 atom stereocenters. The summed E-state index contributed by atoms with van der Waals surface area (Å²) in [5.41, 5.74) is 3.55. The summed E-state index contributed by atoms with van der Waals surface area (Å²) in [6, 6.07) is 14.0. The Balaban J connectivity index is 1.43. The summed E-state index contributed by atoms with van der Waals surface area (Å²) in [5, 5.41) is 9.36. The van der Waals surface area contributed by atoms with Crippen LogP contribution < -0.4 is 25.4 Å². The van der Waals surface area contributed by atoms with Gasteiger partial charge in [-0.15, -0.1) is 0 Å². The summed E-state index contributed by atoms with van der Waals surface area (Å²) in [4.78, 5) is 16.5. The molecule has 0 saturated heterocycles. The van der Waals surface area contributed by atoms with Crippen LogP contribution in [0.4, 0.5) is 0 Å². The van der Waals surface area contributed by atoms with Crippen LogP contribution in [0, 0.1) is 0 Å². The van der Waals surface area contributed by atoms with Crippen molar-refractivity contribution in [2.45, 2.75) is 26.3 Å². The van der Waals surface area contributed by atoms with Crippen LogP contribution in [-0.2, 0) is 24.2 Å². The number of rotatable bonds is 9. The molecule has 1 amide bonds. The lowest BCUT2D eigenvalue weighted by molar-refractivity contribution is -0.119. The minimum Gasteiger partial charge on any atom is -0.497 e. The highest BCUT2D eigenvalue weighted by molar-refractivity contribution is 5.84. The number of aliphatic imine (C=N–C) groups is 1. The lowest BCUT2D eigenvalue weighted by Gasteiger charge is -2.12. The van der Waals surface area contributed by atoms with E-state index in [0.717, 1.165) is 49.6 Å². The molecular formula is C23H30N4O3. The number of guanidine groups is 1. The summed E-state index contributed by atoms with van der Waals surface area (Å²) in [6.07, 6.45) is 1.85. The SMILES string of the molecule is CCNC(=NCC(=O)NCc1ccc(OC)cc1)NCCc1ccc2c(c1)CCO2. The molecule has 1 aliphatic heterocycles. The highest BCUT2D eigenvalue weighted by atomic mass is 16.5. The van der Waals surface area contributed by atoms with Gasteiger partial charge in [0.1, 0.15) is 18.0 Å². The Morgan fingerprint density at radius 1 is 1.10 bits per heavy atom. The van der Waals surface area contributed by atoms with Gasteiger partial charge in [-0.1, -0.05) is 24.3 Å². The lowest BCUT2D eigenvalue weighted by atomic mass is 10.1. The van der Waals surface area contributed by atoms with Gasteiger partial charge in [-0.05, 0) is 48.2 Å². The van der Waals surface area contributed by atoms with E-state index >= 15 is 0 Å². The first-order valence-electron chi connectivity index (χ1n) is 10.3. The summed E-state index contributed by atoms with van der Waals surface area (Å²) in [5.74, 6) is 2.31. The van der Waals surface area contributed by atoms with E-state index in [4.69, 9.17) is 9.47 Å². The number of amides is 1.